The van der Waals surface area contributed by atoms with Crippen molar-refractivity contribution in [3.63, 3.8) is 0 Å². The lowest BCUT2D eigenvalue weighted by molar-refractivity contribution is 0.0466. The van der Waals surface area contributed by atoms with Crippen molar-refractivity contribution in [1.29, 1.82) is 0 Å². The van der Waals surface area contributed by atoms with Crippen LogP contribution in [-0.4, -0.2) is 37.0 Å². The molecule has 0 aliphatic carbocycles. The molecule has 1 fully saturated rings. The fourth-order valence-electron chi connectivity index (χ4n) is 4.29. The van der Waals surface area contributed by atoms with Gasteiger partial charge >= 0.3 is 0 Å². The number of fused-ring (bicyclic) bond motifs is 5. The quantitative estimate of drug-likeness (QED) is 0.528. The number of carbonyl (C=O) groups is 1. The molecule has 0 unspecified atom stereocenters. The van der Waals surface area contributed by atoms with E-state index in [2.05, 4.69) is 22.3 Å². The molecule has 2 aliphatic rings. The van der Waals surface area contributed by atoms with Crippen LogP contribution in [0.4, 0.5) is 0 Å². The zero-order valence-electron chi connectivity index (χ0n) is 19.3. The van der Waals surface area contributed by atoms with Gasteiger partial charge in [0.15, 0.2) is 0 Å². The van der Waals surface area contributed by atoms with Gasteiger partial charge in [0.25, 0.3) is 5.91 Å². The first-order chi connectivity index (χ1) is 15.8. The summed E-state index contributed by atoms with van der Waals surface area (Å²) in [5, 5.41) is 6.22. The molecule has 0 radical (unpaired) electrons. The number of nitrogens with two attached hydrogens (primary N) is 1. The molecular weight excluding hydrogens is 436 g/mol. The van der Waals surface area contributed by atoms with Gasteiger partial charge in [-0.15, -0.1) is 11.3 Å². The van der Waals surface area contributed by atoms with E-state index < -0.39 is 5.54 Å². The SMILES string of the molecule is CC(C)=CCC(N)(CC=C(C)C)c1nc(-c2ncn3c2[C@@H]2CCN2C(=O)c2sccc2-3)no1. The number of hydrogen-bond donors (Lipinski definition) is 1. The molecule has 3 aromatic heterocycles. The summed E-state index contributed by atoms with van der Waals surface area (Å²) in [6.45, 7) is 8.92. The summed E-state index contributed by atoms with van der Waals surface area (Å²) in [7, 11) is 0. The Morgan fingerprint density at radius 1 is 1.27 bits per heavy atom. The van der Waals surface area contributed by atoms with E-state index in [1.807, 2.05) is 48.6 Å². The Morgan fingerprint density at radius 2 is 2.00 bits per heavy atom. The number of rotatable bonds is 6. The van der Waals surface area contributed by atoms with E-state index in [1.165, 1.54) is 22.5 Å². The highest BCUT2D eigenvalue weighted by molar-refractivity contribution is 7.12. The molecule has 1 saturated heterocycles. The van der Waals surface area contributed by atoms with Crippen molar-refractivity contribution in [3.05, 3.63) is 57.5 Å². The Bertz CT molecular complexity index is 1250. The van der Waals surface area contributed by atoms with Gasteiger partial charge in [-0.25, -0.2) is 4.98 Å². The van der Waals surface area contributed by atoms with Gasteiger partial charge in [0.1, 0.15) is 22.4 Å². The summed E-state index contributed by atoms with van der Waals surface area (Å²) in [6, 6.07) is 1.92. The summed E-state index contributed by atoms with van der Waals surface area (Å²) in [4.78, 5) is 25.0. The van der Waals surface area contributed by atoms with Crippen molar-refractivity contribution in [2.45, 2.75) is 58.5 Å². The van der Waals surface area contributed by atoms with E-state index in [9.17, 15) is 4.79 Å². The number of amides is 1. The van der Waals surface area contributed by atoms with Crippen molar-refractivity contribution in [3.8, 4) is 17.2 Å². The highest BCUT2D eigenvalue weighted by atomic mass is 32.1. The van der Waals surface area contributed by atoms with Crippen LogP contribution in [0.25, 0.3) is 17.2 Å². The van der Waals surface area contributed by atoms with E-state index >= 15 is 0 Å². The average Bonchev–Trinajstić information content (AvgIpc) is 3.47. The lowest BCUT2D eigenvalue weighted by Gasteiger charge is -2.39. The number of nitrogens with zero attached hydrogens (tertiary/aromatic N) is 5. The number of hydrogen-bond acceptors (Lipinski definition) is 7. The van der Waals surface area contributed by atoms with Crippen molar-refractivity contribution in [2.24, 2.45) is 5.73 Å². The van der Waals surface area contributed by atoms with Gasteiger partial charge in [0, 0.05) is 6.54 Å². The fourth-order valence-corrected chi connectivity index (χ4v) is 5.13. The van der Waals surface area contributed by atoms with E-state index in [4.69, 9.17) is 15.2 Å². The fraction of sp³-hybridized carbons (Fsp3) is 0.417. The Kier molecular flexibility index (Phi) is 5.33. The minimum absolute atomic E-state index is 0.0458. The van der Waals surface area contributed by atoms with Gasteiger partial charge in [-0.1, -0.05) is 28.5 Å². The molecule has 0 aromatic carbocycles. The van der Waals surface area contributed by atoms with Gasteiger partial charge in [-0.05, 0) is 58.4 Å². The molecule has 8 nitrogen and oxygen atoms in total. The highest BCUT2D eigenvalue weighted by Crippen LogP contribution is 2.44. The summed E-state index contributed by atoms with van der Waals surface area (Å²) in [6.07, 6.45) is 8.01. The summed E-state index contributed by atoms with van der Waals surface area (Å²) in [5.41, 5.74) is 10.8. The molecular formula is C24H28N6O2S. The third-order valence-corrected chi connectivity index (χ3v) is 7.20. The minimum Gasteiger partial charge on any atom is -0.337 e. The zero-order valence-corrected chi connectivity index (χ0v) is 20.1. The standard InChI is InChI=1S/C24H28N6O2S/c1-14(2)5-9-24(25,10-6-15(3)4)23-27-21(28-32-23)18-19-16-7-11-29(16)22(31)20-17(8-12-33-20)30(19)13-26-18/h5-6,8,12-13,16H,7,9-11,25H2,1-4H3/t16-/m0/s1. The zero-order chi connectivity index (χ0) is 23.3. The van der Waals surface area contributed by atoms with E-state index in [1.54, 1.807) is 6.33 Å². The molecule has 33 heavy (non-hydrogen) atoms. The monoisotopic (exact) mass is 464 g/mol. The molecule has 1 amide bonds. The summed E-state index contributed by atoms with van der Waals surface area (Å²) < 4.78 is 7.72. The second-order valence-corrected chi connectivity index (χ2v) is 10.3. The Hall–Kier alpha value is -3.04. The topological polar surface area (TPSA) is 103 Å². The van der Waals surface area contributed by atoms with Crippen LogP contribution in [-0.2, 0) is 5.54 Å². The molecule has 1 atom stereocenters. The minimum atomic E-state index is -0.810. The molecule has 0 bridgehead atoms. The van der Waals surface area contributed by atoms with Gasteiger partial charge in [0.2, 0.25) is 11.7 Å². The van der Waals surface area contributed by atoms with Gasteiger partial charge in [-0.3, -0.25) is 9.36 Å². The van der Waals surface area contributed by atoms with Crippen LogP contribution in [0.3, 0.4) is 0 Å². The predicted octanol–water partition coefficient (Wildman–Crippen LogP) is 4.75. The Morgan fingerprint density at radius 3 is 2.64 bits per heavy atom. The molecule has 172 valence electrons. The van der Waals surface area contributed by atoms with Crippen LogP contribution in [0.15, 0.2) is 45.6 Å². The highest BCUT2D eigenvalue weighted by Gasteiger charge is 2.43. The van der Waals surface area contributed by atoms with E-state index in [0.29, 0.717) is 30.3 Å². The van der Waals surface area contributed by atoms with Gasteiger partial charge < -0.3 is 15.2 Å². The van der Waals surface area contributed by atoms with Crippen LogP contribution in [0.5, 0.6) is 0 Å². The first kappa shape index (κ1) is 21.8. The van der Waals surface area contributed by atoms with E-state index in [0.717, 1.165) is 29.2 Å². The molecule has 3 aromatic rings. The molecule has 2 aliphatic heterocycles. The maximum Gasteiger partial charge on any atom is 0.266 e. The molecule has 0 saturated carbocycles. The van der Waals surface area contributed by atoms with Crippen LogP contribution >= 0.6 is 11.3 Å². The van der Waals surface area contributed by atoms with Crippen LogP contribution in [0.2, 0.25) is 0 Å². The first-order valence-electron chi connectivity index (χ1n) is 11.1. The summed E-state index contributed by atoms with van der Waals surface area (Å²) >= 11 is 1.46. The van der Waals surface area contributed by atoms with Crippen molar-refractivity contribution in [1.82, 2.24) is 24.6 Å². The lowest BCUT2D eigenvalue weighted by Crippen LogP contribution is -2.44. The van der Waals surface area contributed by atoms with Crippen molar-refractivity contribution in [2.75, 3.05) is 6.54 Å². The van der Waals surface area contributed by atoms with Gasteiger partial charge in [-0.2, -0.15) is 4.98 Å². The first-order valence-corrected chi connectivity index (χ1v) is 12.0. The second-order valence-electron chi connectivity index (χ2n) is 9.34. The van der Waals surface area contributed by atoms with Crippen molar-refractivity contribution < 1.29 is 9.32 Å². The summed E-state index contributed by atoms with van der Waals surface area (Å²) in [5.74, 6) is 0.866. The maximum absolute atomic E-state index is 13.0. The molecule has 5 rings (SSSR count). The Labute approximate surface area is 196 Å². The number of aromatic nitrogens is 4. The normalized spacial score (nSPS) is 16.9. The smallest absolute Gasteiger partial charge is 0.266 e. The molecule has 2 N–H and O–H groups in total. The maximum atomic E-state index is 13.0. The van der Waals surface area contributed by atoms with E-state index in [-0.39, 0.29) is 11.9 Å². The lowest BCUT2D eigenvalue weighted by atomic mass is 9.90. The number of carbonyl (C=O) groups excluding carboxylic acids is 1. The third-order valence-electron chi connectivity index (χ3n) is 6.31. The largest absolute Gasteiger partial charge is 0.337 e. The van der Waals surface area contributed by atoms with Crippen molar-refractivity contribution >= 4 is 17.2 Å². The molecule has 5 heterocycles. The number of thiophene rings is 1. The van der Waals surface area contributed by atoms with Crippen LogP contribution < -0.4 is 5.73 Å². The van der Waals surface area contributed by atoms with Gasteiger partial charge in [0.05, 0.1) is 17.4 Å². The molecule has 9 heteroatoms. The Balaban J connectivity index is 1.56. The predicted molar refractivity (Wildman–Crippen MR) is 127 cm³/mol. The second kappa shape index (κ2) is 8.07. The third kappa shape index (κ3) is 3.65. The van der Waals surface area contributed by atoms with Crippen LogP contribution in [0.1, 0.15) is 74.3 Å². The average molecular weight is 465 g/mol. The van der Waals surface area contributed by atoms with Crippen LogP contribution in [0, 0.1) is 0 Å². The molecule has 0 spiro atoms. The number of allylic oxidation sites excluding steroid dienone is 2. The number of imidazole rings is 1.